The summed E-state index contributed by atoms with van der Waals surface area (Å²) in [5.41, 5.74) is 0. The second-order valence-corrected chi connectivity index (χ2v) is 4.78. The Morgan fingerprint density at radius 2 is 2.13 bits per heavy atom. The molecule has 2 atom stereocenters. The Labute approximate surface area is 91.8 Å². The van der Waals surface area contributed by atoms with E-state index in [0.29, 0.717) is 12.1 Å². The number of piperazine rings is 1. The minimum absolute atomic E-state index is 0.0142. The lowest BCUT2D eigenvalue weighted by Crippen LogP contribution is -2.63. The molecule has 2 heterocycles. The Bertz CT molecular complexity index is 205. The third kappa shape index (κ3) is 2.33. The van der Waals surface area contributed by atoms with Gasteiger partial charge in [-0.3, -0.25) is 9.80 Å². The van der Waals surface area contributed by atoms with E-state index in [4.69, 9.17) is 4.74 Å². The molecule has 2 aliphatic heterocycles. The van der Waals surface area contributed by atoms with E-state index in [-0.39, 0.29) is 12.7 Å². The first kappa shape index (κ1) is 11.3. The summed E-state index contributed by atoms with van der Waals surface area (Å²) in [5, 5.41) is 9.28. The number of hydrogen-bond donors (Lipinski definition) is 1. The van der Waals surface area contributed by atoms with Crippen molar-refractivity contribution >= 4 is 0 Å². The number of morpholine rings is 1. The molecule has 0 spiro atoms. The highest BCUT2D eigenvalue weighted by atomic mass is 16.5. The lowest BCUT2D eigenvalue weighted by Gasteiger charge is -2.48. The van der Waals surface area contributed by atoms with E-state index >= 15 is 0 Å². The van der Waals surface area contributed by atoms with E-state index in [1.165, 1.54) is 0 Å². The van der Waals surface area contributed by atoms with Gasteiger partial charge in [-0.05, 0) is 13.8 Å². The van der Waals surface area contributed by atoms with E-state index < -0.39 is 0 Å². The molecule has 1 N–H and O–H groups in total. The first-order valence-corrected chi connectivity index (χ1v) is 5.93. The zero-order chi connectivity index (χ0) is 10.8. The molecule has 88 valence electrons. The van der Waals surface area contributed by atoms with Gasteiger partial charge in [0.25, 0.3) is 0 Å². The molecular formula is C11H22N2O2. The molecule has 0 radical (unpaired) electrons. The molecular weight excluding hydrogens is 192 g/mol. The van der Waals surface area contributed by atoms with Crippen molar-refractivity contribution in [2.45, 2.75) is 32.0 Å². The van der Waals surface area contributed by atoms with Gasteiger partial charge < -0.3 is 9.84 Å². The van der Waals surface area contributed by atoms with Crippen LogP contribution in [0.4, 0.5) is 0 Å². The van der Waals surface area contributed by atoms with Crippen LogP contribution in [-0.2, 0) is 4.74 Å². The fourth-order valence-corrected chi connectivity index (χ4v) is 2.58. The quantitative estimate of drug-likeness (QED) is 0.689. The second kappa shape index (κ2) is 4.78. The van der Waals surface area contributed by atoms with E-state index in [1.54, 1.807) is 0 Å². The van der Waals surface area contributed by atoms with Gasteiger partial charge >= 0.3 is 0 Å². The predicted molar refractivity (Wildman–Crippen MR) is 58.9 cm³/mol. The summed E-state index contributed by atoms with van der Waals surface area (Å²) in [6.07, 6.45) is 0.0142. The molecule has 0 aromatic carbocycles. The molecule has 15 heavy (non-hydrogen) atoms. The summed E-state index contributed by atoms with van der Waals surface area (Å²) in [7, 11) is 0. The van der Waals surface area contributed by atoms with Gasteiger partial charge in [0.1, 0.15) is 0 Å². The minimum Gasteiger partial charge on any atom is -0.394 e. The lowest BCUT2D eigenvalue weighted by molar-refractivity contribution is -0.117. The van der Waals surface area contributed by atoms with Crippen molar-refractivity contribution in [1.82, 2.24) is 9.80 Å². The molecule has 0 aromatic heterocycles. The van der Waals surface area contributed by atoms with Crippen LogP contribution in [0.1, 0.15) is 13.8 Å². The normalized spacial score (nSPS) is 34.4. The van der Waals surface area contributed by atoms with Crippen LogP contribution in [0.25, 0.3) is 0 Å². The summed E-state index contributed by atoms with van der Waals surface area (Å²) >= 11 is 0. The Kier molecular flexibility index (Phi) is 3.61. The van der Waals surface area contributed by atoms with Crippen molar-refractivity contribution in [1.29, 1.82) is 0 Å². The third-order valence-electron chi connectivity index (χ3n) is 3.61. The highest BCUT2D eigenvalue weighted by molar-refractivity contribution is 4.91. The van der Waals surface area contributed by atoms with Crippen LogP contribution in [0.2, 0.25) is 0 Å². The van der Waals surface area contributed by atoms with Gasteiger partial charge in [0, 0.05) is 32.2 Å². The number of hydrogen-bond acceptors (Lipinski definition) is 4. The van der Waals surface area contributed by atoms with Crippen LogP contribution in [0.3, 0.4) is 0 Å². The van der Waals surface area contributed by atoms with E-state index in [9.17, 15) is 5.11 Å². The number of ether oxygens (including phenoxy) is 1. The molecule has 2 rings (SSSR count). The Morgan fingerprint density at radius 3 is 2.80 bits per heavy atom. The van der Waals surface area contributed by atoms with Gasteiger partial charge in [0.2, 0.25) is 0 Å². The molecule has 0 saturated carbocycles. The molecule has 2 aliphatic rings. The van der Waals surface area contributed by atoms with E-state index in [2.05, 4.69) is 23.6 Å². The molecule has 2 saturated heterocycles. The number of aliphatic hydroxyl groups is 1. The van der Waals surface area contributed by atoms with Crippen LogP contribution in [0.15, 0.2) is 0 Å². The van der Waals surface area contributed by atoms with Crippen LogP contribution in [-0.4, -0.2) is 72.5 Å². The molecule has 4 heteroatoms. The van der Waals surface area contributed by atoms with Crippen molar-refractivity contribution < 1.29 is 9.84 Å². The SMILES string of the molecule is CC(C)N1CCN2CCO[C@@H](CO)C2C1. The van der Waals surface area contributed by atoms with Crippen molar-refractivity contribution in [3.63, 3.8) is 0 Å². The Morgan fingerprint density at radius 1 is 1.33 bits per heavy atom. The predicted octanol–water partition coefficient (Wildman–Crippen LogP) is -0.228. The number of aliphatic hydroxyl groups excluding tert-OH is 1. The second-order valence-electron chi connectivity index (χ2n) is 4.78. The lowest BCUT2D eigenvalue weighted by atomic mass is 10.0. The van der Waals surface area contributed by atoms with Crippen molar-refractivity contribution in [2.75, 3.05) is 39.4 Å². The maximum absolute atomic E-state index is 9.28. The highest BCUT2D eigenvalue weighted by Gasteiger charge is 2.36. The monoisotopic (exact) mass is 214 g/mol. The van der Waals surface area contributed by atoms with Crippen LogP contribution in [0.5, 0.6) is 0 Å². The fourth-order valence-electron chi connectivity index (χ4n) is 2.58. The molecule has 0 amide bonds. The molecule has 1 unspecified atom stereocenters. The van der Waals surface area contributed by atoms with Crippen LogP contribution in [0, 0.1) is 0 Å². The van der Waals surface area contributed by atoms with Gasteiger partial charge in [-0.25, -0.2) is 0 Å². The summed E-state index contributed by atoms with van der Waals surface area (Å²) in [6, 6.07) is 0.980. The van der Waals surface area contributed by atoms with Crippen LogP contribution >= 0.6 is 0 Å². The van der Waals surface area contributed by atoms with Gasteiger partial charge in [0.05, 0.1) is 25.4 Å². The van der Waals surface area contributed by atoms with Crippen LogP contribution < -0.4 is 0 Å². The fraction of sp³-hybridized carbons (Fsp3) is 1.00. The van der Waals surface area contributed by atoms with Gasteiger partial charge in [-0.15, -0.1) is 0 Å². The summed E-state index contributed by atoms with van der Waals surface area (Å²) < 4.78 is 5.61. The largest absolute Gasteiger partial charge is 0.394 e. The zero-order valence-corrected chi connectivity index (χ0v) is 9.72. The zero-order valence-electron chi connectivity index (χ0n) is 9.72. The standard InChI is InChI=1S/C11H22N2O2/c1-9(2)13-4-3-12-5-6-15-11(8-14)10(12)7-13/h9-11,14H,3-8H2,1-2H3/t10?,11-/m0/s1. The summed E-state index contributed by atoms with van der Waals surface area (Å²) in [6.45, 7) is 9.68. The number of nitrogens with zero attached hydrogens (tertiary/aromatic N) is 2. The minimum atomic E-state index is 0.0142. The first-order chi connectivity index (χ1) is 7.22. The van der Waals surface area contributed by atoms with Gasteiger partial charge in [0.15, 0.2) is 0 Å². The van der Waals surface area contributed by atoms with Crippen molar-refractivity contribution in [3.05, 3.63) is 0 Å². The van der Waals surface area contributed by atoms with Gasteiger partial charge in [-0.1, -0.05) is 0 Å². The number of fused-ring (bicyclic) bond motifs is 1. The van der Waals surface area contributed by atoms with E-state index in [1.807, 2.05) is 0 Å². The van der Waals surface area contributed by atoms with Crippen molar-refractivity contribution in [2.24, 2.45) is 0 Å². The topological polar surface area (TPSA) is 35.9 Å². The average Bonchev–Trinajstić information content (AvgIpc) is 2.27. The third-order valence-corrected chi connectivity index (χ3v) is 3.61. The maximum atomic E-state index is 9.28. The average molecular weight is 214 g/mol. The Hall–Kier alpha value is -0.160. The van der Waals surface area contributed by atoms with E-state index in [0.717, 1.165) is 32.8 Å². The molecule has 4 nitrogen and oxygen atoms in total. The van der Waals surface area contributed by atoms with Gasteiger partial charge in [-0.2, -0.15) is 0 Å². The molecule has 2 fully saturated rings. The molecule has 0 aliphatic carbocycles. The smallest absolute Gasteiger partial charge is 0.0973 e. The highest BCUT2D eigenvalue weighted by Crippen LogP contribution is 2.20. The van der Waals surface area contributed by atoms with Crippen molar-refractivity contribution in [3.8, 4) is 0 Å². The molecule has 0 aromatic rings. The maximum Gasteiger partial charge on any atom is 0.0973 e. The summed E-state index contributed by atoms with van der Waals surface area (Å²) in [5.74, 6) is 0. The first-order valence-electron chi connectivity index (χ1n) is 5.93. The number of rotatable bonds is 2. The Balaban J connectivity index is 2.00. The molecule has 0 bridgehead atoms. The summed E-state index contributed by atoms with van der Waals surface area (Å²) in [4.78, 5) is 4.93.